The number of aromatic amines is 1. The summed E-state index contributed by atoms with van der Waals surface area (Å²) in [5.41, 5.74) is 3.71. The Balaban J connectivity index is 1.64. The Morgan fingerprint density at radius 1 is 1.24 bits per heavy atom. The van der Waals surface area contributed by atoms with Crippen LogP contribution in [-0.2, 0) is 5.75 Å². The molecule has 0 radical (unpaired) electrons. The highest BCUT2D eigenvalue weighted by Gasteiger charge is 2.13. The summed E-state index contributed by atoms with van der Waals surface area (Å²) in [6.45, 7) is 2.50. The van der Waals surface area contributed by atoms with Crippen molar-refractivity contribution >= 4 is 28.7 Å². The van der Waals surface area contributed by atoms with E-state index in [1.807, 2.05) is 61.5 Å². The maximum Gasteiger partial charge on any atom is 0.254 e. The minimum atomic E-state index is -0.111. The highest BCUT2D eigenvalue weighted by Crippen LogP contribution is 2.23. The van der Waals surface area contributed by atoms with Gasteiger partial charge in [0.2, 0.25) is 0 Å². The number of fused-ring (bicyclic) bond motifs is 1. The number of nitrogens with one attached hydrogen (secondary N) is 1. The fourth-order valence-electron chi connectivity index (χ4n) is 2.49. The first kappa shape index (κ1) is 17.1. The number of aromatic nitrogens is 2. The third kappa shape index (κ3) is 4.01. The standard InChI is InChI=1S/C19H18N4OS/c1-2-23(12-11-20)18(24)15-9-7-14(8-10-15)13-25-19-21-16-5-3-4-6-17(16)22-19/h3-10H,2,12-13H2,1H3,(H,21,22). The first-order valence-corrected chi connectivity index (χ1v) is 9.02. The van der Waals surface area contributed by atoms with Crippen molar-refractivity contribution in [1.82, 2.24) is 14.9 Å². The quantitative estimate of drug-likeness (QED) is 0.541. The van der Waals surface area contributed by atoms with Gasteiger partial charge in [0, 0.05) is 17.9 Å². The minimum Gasteiger partial charge on any atom is -0.333 e. The van der Waals surface area contributed by atoms with E-state index in [0.717, 1.165) is 27.5 Å². The van der Waals surface area contributed by atoms with Crippen LogP contribution in [0.4, 0.5) is 0 Å². The molecule has 0 aliphatic carbocycles. The molecule has 5 nitrogen and oxygen atoms in total. The molecule has 0 aliphatic rings. The predicted molar refractivity (Wildman–Crippen MR) is 99.3 cm³/mol. The Morgan fingerprint density at radius 3 is 2.68 bits per heavy atom. The van der Waals surface area contributed by atoms with E-state index in [2.05, 4.69) is 9.97 Å². The van der Waals surface area contributed by atoms with Crippen LogP contribution in [0, 0.1) is 11.3 Å². The van der Waals surface area contributed by atoms with Crippen molar-refractivity contribution in [3.8, 4) is 6.07 Å². The van der Waals surface area contributed by atoms with Crippen molar-refractivity contribution in [3.63, 3.8) is 0 Å². The Morgan fingerprint density at radius 2 is 2.00 bits per heavy atom. The molecule has 0 fully saturated rings. The molecule has 126 valence electrons. The lowest BCUT2D eigenvalue weighted by atomic mass is 10.1. The van der Waals surface area contributed by atoms with E-state index in [0.29, 0.717) is 12.1 Å². The van der Waals surface area contributed by atoms with Crippen LogP contribution in [0.5, 0.6) is 0 Å². The summed E-state index contributed by atoms with van der Waals surface area (Å²) in [6, 6.07) is 17.5. The number of para-hydroxylation sites is 2. The number of hydrogen-bond acceptors (Lipinski definition) is 4. The molecule has 1 N–H and O–H groups in total. The number of imidazole rings is 1. The molecule has 0 bridgehead atoms. The van der Waals surface area contributed by atoms with Gasteiger partial charge in [0.1, 0.15) is 6.54 Å². The number of carbonyl (C=O) groups excluding carboxylic acids is 1. The van der Waals surface area contributed by atoms with Crippen LogP contribution < -0.4 is 0 Å². The molecular weight excluding hydrogens is 332 g/mol. The predicted octanol–water partition coefficient (Wildman–Crippen LogP) is 3.84. The largest absolute Gasteiger partial charge is 0.333 e. The van der Waals surface area contributed by atoms with Crippen LogP contribution in [0.2, 0.25) is 0 Å². The number of carbonyl (C=O) groups is 1. The van der Waals surface area contributed by atoms with Crippen molar-refractivity contribution in [1.29, 1.82) is 5.26 Å². The number of nitriles is 1. The third-order valence-electron chi connectivity index (χ3n) is 3.87. The van der Waals surface area contributed by atoms with Gasteiger partial charge in [-0.2, -0.15) is 5.26 Å². The number of rotatable bonds is 6. The molecule has 3 aromatic rings. The van der Waals surface area contributed by atoms with Crippen LogP contribution in [0.25, 0.3) is 11.0 Å². The smallest absolute Gasteiger partial charge is 0.254 e. The third-order valence-corrected chi connectivity index (χ3v) is 4.82. The summed E-state index contributed by atoms with van der Waals surface area (Å²) >= 11 is 1.63. The lowest BCUT2D eigenvalue weighted by Crippen LogP contribution is -2.31. The summed E-state index contributed by atoms with van der Waals surface area (Å²) in [7, 11) is 0. The first-order valence-electron chi connectivity index (χ1n) is 8.04. The van der Waals surface area contributed by atoms with E-state index in [4.69, 9.17) is 5.26 Å². The van der Waals surface area contributed by atoms with Gasteiger partial charge in [-0.1, -0.05) is 36.0 Å². The molecule has 1 amide bonds. The number of amides is 1. The highest BCUT2D eigenvalue weighted by atomic mass is 32.2. The van der Waals surface area contributed by atoms with Gasteiger partial charge in [0.25, 0.3) is 5.91 Å². The summed E-state index contributed by atoms with van der Waals surface area (Å²) in [4.78, 5) is 21.7. The van der Waals surface area contributed by atoms with Gasteiger partial charge in [-0.3, -0.25) is 4.79 Å². The normalized spacial score (nSPS) is 10.6. The zero-order valence-corrected chi connectivity index (χ0v) is 14.7. The minimum absolute atomic E-state index is 0.110. The SMILES string of the molecule is CCN(CC#N)C(=O)c1ccc(CSc2nc3ccccc3[nH]2)cc1. The molecule has 0 unspecified atom stereocenters. The maximum absolute atomic E-state index is 12.3. The number of thioether (sulfide) groups is 1. The maximum atomic E-state index is 12.3. The lowest BCUT2D eigenvalue weighted by Gasteiger charge is -2.17. The molecule has 0 atom stereocenters. The molecule has 3 rings (SSSR count). The number of hydrogen-bond donors (Lipinski definition) is 1. The van der Waals surface area contributed by atoms with Crippen LogP contribution in [0.3, 0.4) is 0 Å². The zero-order valence-electron chi connectivity index (χ0n) is 13.9. The van der Waals surface area contributed by atoms with E-state index in [1.165, 1.54) is 4.90 Å². The number of H-pyrrole nitrogens is 1. The van der Waals surface area contributed by atoms with Crippen molar-refractivity contribution in [2.45, 2.75) is 17.8 Å². The van der Waals surface area contributed by atoms with Crippen LogP contribution >= 0.6 is 11.8 Å². The van der Waals surface area contributed by atoms with Crippen LogP contribution in [0.1, 0.15) is 22.8 Å². The van der Waals surface area contributed by atoms with E-state index in [9.17, 15) is 4.79 Å². The highest BCUT2D eigenvalue weighted by molar-refractivity contribution is 7.98. The second-order valence-electron chi connectivity index (χ2n) is 5.52. The Hall–Kier alpha value is -2.78. The summed E-state index contributed by atoms with van der Waals surface area (Å²) in [5, 5.41) is 9.66. The lowest BCUT2D eigenvalue weighted by molar-refractivity contribution is 0.0784. The monoisotopic (exact) mass is 350 g/mol. The summed E-state index contributed by atoms with van der Waals surface area (Å²) in [6.07, 6.45) is 0. The molecule has 0 saturated carbocycles. The fourth-order valence-corrected chi connectivity index (χ4v) is 3.33. The van der Waals surface area contributed by atoms with Crippen molar-refractivity contribution in [2.24, 2.45) is 0 Å². The summed E-state index contributed by atoms with van der Waals surface area (Å²) in [5.74, 6) is 0.657. The molecule has 0 aliphatic heterocycles. The average molecular weight is 350 g/mol. The van der Waals surface area contributed by atoms with E-state index >= 15 is 0 Å². The summed E-state index contributed by atoms with van der Waals surface area (Å²) < 4.78 is 0. The Kier molecular flexibility index (Phi) is 5.36. The second-order valence-corrected chi connectivity index (χ2v) is 6.49. The molecule has 2 aromatic carbocycles. The molecule has 1 aromatic heterocycles. The van der Waals surface area contributed by atoms with Gasteiger partial charge in [0.15, 0.2) is 5.16 Å². The van der Waals surface area contributed by atoms with Gasteiger partial charge < -0.3 is 9.88 Å². The number of benzene rings is 2. The first-order chi connectivity index (χ1) is 12.2. The van der Waals surface area contributed by atoms with Crippen molar-refractivity contribution in [3.05, 3.63) is 59.7 Å². The zero-order chi connectivity index (χ0) is 17.6. The average Bonchev–Trinajstić information content (AvgIpc) is 3.07. The van der Waals surface area contributed by atoms with E-state index in [1.54, 1.807) is 11.8 Å². The van der Waals surface area contributed by atoms with E-state index in [-0.39, 0.29) is 12.5 Å². The van der Waals surface area contributed by atoms with Crippen molar-refractivity contribution < 1.29 is 4.79 Å². The van der Waals surface area contributed by atoms with Gasteiger partial charge in [-0.05, 0) is 36.8 Å². The Labute approximate surface area is 150 Å². The topological polar surface area (TPSA) is 72.8 Å². The second kappa shape index (κ2) is 7.86. The van der Waals surface area contributed by atoms with Gasteiger partial charge in [0.05, 0.1) is 17.1 Å². The van der Waals surface area contributed by atoms with Crippen LogP contribution in [0.15, 0.2) is 53.7 Å². The molecule has 6 heteroatoms. The molecule has 0 saturated heterocycles. The molecule has 1 heterocycles. The molecule has 0 spiro atoms. The molecule has 25 heavy (non-hydrogen) atoms. The number of nitrogens with zero attached hydrogens (tertiary/aromatic N) is 3. The van der Waals surface area contributed by atoms with Gasteiger partial charge in [-0.25, -0.2) is 4.98 Å². The van der Waals surface area contributed by atoms with Gasteiger partial charge >= 0.3 is 0 Å². The van der Waals surface area contributed by atoms with Crippen LogP contribution in [-0.4, -0.2) is 33.9 Å². The Bertz CT molecular complexity index is 878. The van der Waals surface area contributed by atoms with E-state index < -0.39 is 0 Å². The van der Waals surface area contributed by atoms with Gasteiger partial charge in [-0.15, -0.1) is 0 Å². The molecular formula is C19H18N4OS. The fraction of sp³-hybridized carbons (Fsp3) is 0.211. The van der Waals surface area contributed by atoms with Crippen molar-refractivity contribution in [2.75, 3.05) is 13.1 Å².